The number of hydrogen-bond acceptors (Lipinski definition) is 4. The molecular weight excluding hydrogens is 280 g/mol. The van der Waals surface area contributed by atoms with Crippen LogP contribution in [0.3, 0.4) is 0 Å². The van der Waals surface area contributed by atoms with Crippen LogP contribution in [0.4, 0.5) is 0 Å². The monoisotopic (exact) mass is 296 g/mol. The van der Waals surface area contributed by atoms with Gasteiger partial charge in [-0.25, -0.2) is 4.98 Å². The van der Waals surface area contributed by atoms with Gasteiger partial charge in [0.15, 0.2) is 5.65 Å². The molecule has 4 rings (SSSR count). The maximum absolute atomic E-state index is 12.3. The molecular formula is C15H16N6O. The van der Waals surface area contributed by atoms with E-state index in [1.54, 1.807) is 29.1 Å². The highest BCUT2D eigenvalue weighted by molar-refractivity contribution is 5.94. The van der Waals surface area contributed by atoms with E-state index in [4.69, 9.17) is 0 Å². The Balaban J connectivity index is 1.40. The second kappa shape index (κ2) is 5.25. The van der Waals surface area contributed by atoms with Gasteiger partial charge in [0.2, 0.25) is 0 Å². The van der Waals surface area contributed by atoms with Crippen molar-refractivity contribution < 1.29 is 4.79 Å². The van der Waals surface area contributed by atoms with Gasteiger partial charge >= 0.3 is 0 Å². The lowest BCUT2D eigenvalue weighted by atomic mass is 9.98. The first-order valence-corrected chi connectivity index (χ1v) is 7.37. The van der Waals surface area contributed by atoms with Crippen LogP contribution in [0.5, 0.6) is 0 Å². The van der Waals surface area contributed by atoms with Crippen LogP contribution in [0.2, 0.25) is 0 Å². The topological polar surface area (TPSA) is 77.1 Å². The molecule has 1 N–H and O–H groups in total. The van der Waals surface area contributed by atoms with Gasteiger partial charge in [0.05, 0.1) is 5.56 Å². The van der Waals surface area contributed by atoms with Gasteiger partial charge in [0, 0.05) is 38.1 Å². The summed E-state index contributed by atoms with van der Waals surface area (Å²) in [6.07, 6.45) is 9.17. The summed E-state index contributed by atoms with van der Waals surface area (Å²) in [5.74, 6) is 1.48. The van der Waals surface area contributed by atoms with Gasteiger partial charge in [0.1, 0.15) is 12.2 Å². The van der Waals surface area contributed by atoms with Crippen LogP contribution < -0.4 is 5.32 Å². The molecule has 0 saturated heterocycles. The Morgan fingerprint density at radius 1 is 1.41 bits per heavy atom. The zero-order valence-corrected chi connectivity index (χ0v) is 12.0. The highest BCUT2D eigenvalue weighted by Crippen LogP contribution is 2.18. The fourth-order valence-corrected chi connectivity index (χ4v) is 2.89. The summed E-state index contributed by atoms with van der Waals surface area (Å²) in [6.45, 7) is 1.65. The predicted molar refractivity (Wildman–Crippen MR) is 79.4 cm³/mol. The van der Waals surface area contributed by atoms with Gasteiger partial charge in [-0.05, 0) is 24.5 Å². The van der Waals surface area contributed by atoms with Gasteiger partial charge in [-0.2, -0.15) is 0 Å². The average molecular weight is 296 g/mol. The van der Waals surface area contributed by atoms with Gasteiger partial charge < -0.3 is 9.88 Å². The van der Waals surface area contributed by atoms with E-state index in [2.05, 4.69) is 25.1 Å². The lowest BCUT2D eigenvalue weighted by Crippen LogP contribution is -2.33. The summed E-state index contributed by atoms with van der Waals surface area (Å²) in [4.78, 5) is 16.6. The van der Waals surface area contributed by atoms with Crippen molar-refractivity contribution in [1.29, 1.82) is 0 Å². The van der Waals surface area contributed by atoms with Crippen molar-refractivity contribution in [2.75, 3.05) is 6.54 Å². The molecule has 7 nitrogen and oxygen atoms in total. The third-order valence-corrected chi connectivity index (χ3v) is 4.16. The number of imidazole rings is 1. The summed E-state index contributed by atoms with van der Waals surface area (Å²) in [5.41, 5.74) is 1.35. The van der Waals surface area contributed by atoms with Crippen LogP contribution in [0.25, 0.3) is 5.65 Å². The van der Waals surface area contributed by atoms with Crippen molar-refractivity contribution in [3.05, 3.63) is 48.4 Å². The molecule has 0 bridgehead atoms. The summed E-state index contributed by atoms with van der Waals surface area (Å²) < 4.78 is 3.92. The lowest BCUT2D eigenvalue weighted by Gasteiger charge is -2.23. The number of pyridine rings is 1. The van der Waals surface area contributed by atoms with Crippen molar-refractivity contribution >= 4 is 11.6 Å². The fraction of sp³-hybridized carbons (Fsp3) is 0.333. The summed E-state index contributed by atoms with van der Waals surface area (Å²) in [6, 6.07) is 3.56. The minimum absolute atomic E-state index is 0.0653. The molecule has 22 heavy (non-hydrogen) atoms. The highest BCUT2D eigenvalue weighted by atomic mass is 16.1. The van der Waals surface area contributed by atoms with E-state index in [0.717, 1.165) is 30.9 Å². The smallest absolute Gasteiger partial charge is 0.252 e. The van der Waals surface area contributed by atoms with Crippen LogP contribution >= 0.6 is 0 Å². The molecule has 0 radical (unpaired) electrons. The maximum atomic E-state index is 12.3. The zero-order valence-electron chi connectivity index (χ0n) is 12.0. The number of fused-ring (bicyclic) bond motifs is 2. The quantitative estimate of drug-likeness (QED) is 0.779. The van der Waals surface area contributed by atoms with E-state index in [9.17, 15) is 4.79 Å². The molecule has 0 unspecified atom stereocenters. The first-order chi connectivity index (χ1) is 10.8. The molecule has 4 heterocycles. The van der Waals surface area contributed by atoms with E-state index in [1.807, 2.05) is 12.4 Å². The molecule has 3 aromatic heterocycles. The van der Waals surface area contributed by atoms with Crippen LogP contribution in [0.15, 0.2) is 37.1 Å². The number of hydrogen-bond donors (Lipinski definition) is 1. The highest BCUT2D eigenvalue weighted by Gasteiger charge is 2.19. The molecule has 0 aliphatic carbocycles. The molecule has 7 heteroatoms. The Morgan fingerprint density at radius 2 is 2.36 bits per heavy atom. The van der Waals surface area contributed by atoms with Gasteiger partial charge in [-0.3, -0.25) is 9.20 Å². The van der Waals surface area contributed by atoms with E-state index in [1.165, 1.54) is 0 Å². The number of rotatable bonds is 3. The second-order valence-electron chi connectivity index (χ2n) is 5.62. The molecule has 0 fully saturated rings. The Bertz CT molecular complexity index is 820. The number of amides is 1. The van der Waals surface area contributed by atoms with Crippen LogP contribution in [0, 0.1) is 5.92 Å². The molecule has 1 amide bonds. The first kappa shape index (κ1) is 13.0. The Kier molecular flexibility index (Phi) is 3.10. The summed E-state index contributed by atoms with van der Waals surface area (Å²) >= 11 is 0. The SMILES string of the molecule is O=C(NC[C@H]1CCn2ccnc2C1)c1ccc2nncn2c1. The molecule has 1 atom stereocenters. The van der Waals surface area contributed by atoms with Crippen LogP contribution in [0.1, 0.15) is 22.6 Å². The van der Waals surface area contributed by atoms with E-state index < -0.39 is 0 Å². The average Bonchev–Trinajstić information content (AvgIpc) is 3.19. The number of aromatic nitrogens is 5. The Labute approximate surface area is 127 Å². The van der Waals surface area contributed by atoms with E-state index in [0.29, 0.717) is 18.0 Å². The number of nitrogens with one attached hydrogen (secondary N) is 1. The number of nitrogens with zero attached hydrogens (tertiary/aromatic N) is 5. The molecule has 3 aromatic rings. The first-order valence-electron chi connectivity index (χ1n) is 7.37. The van der Waals surface area contributed by atoms with Crippen molar-refractivity contribution in [3.63, 3.8) is 0 Å². The van der Waals surface area contributed by atoms with Gasteiger partial charge in [-0.1, -0.05) is 0 Å². The zero-order chi connectivity index (χ0) is 14.9. The Hall–Kier alpha value is -2.70. The van der Waals surface area contributed by atoms with Crippen LogP contribution in [-0.2, 0) is 13.0 Å². The van der Waals surface area contributed by atoms with Crippen molar-refractivity contribution in [3.8, 4) is 0 Å². The minimum Gasteiger partial charge on any atom is -0.352 e. The van der Waals surface area contributed by atoms with Crippen LogP contribution in [-0.4, -0.2) is 36.6 Å². The third kappa shape index (κ3) is 2.34. The third-order valence-electron chi connectivity index (χ3n) is 4.16. The van der Waals surface area contributed by atoms with E-state index in [-0.39, 0.29) is 5.91 Å². The minimum atomic E-state index is -0.0653. The molecule has 0 saturated carbocycles. The molecule has 1 aliphatic heterocycles. The maximum Gasteiger partial charge on any atom is 0.252 e. The molecule has 112 valence electrons. The van der Waals surface area contributed by atoms with Crippen molar-refractivity contribution in [2.24, 2.45) is 5.92 Å². The predicted octanol–water partition coefficient (Wildman–Crippen LogP) is 0.918. The lowest BCUT2D eigenvalue weighted by molar-refractivity contribution is 0.0944. The molecule has 0 aromatic carbocycles. The number of aryl methyl sites for hydroxylation is 1. The fourth-order valence-electron chi connectivity index (χ4n) is 2.89. The normalized spacial score (nSPS) is 17.4. The molecule has 1 aliphatic rings. The van der Waals surface area contributed by atoms with Crippen molar-refractivity contribution in [2.45, 2.75) is 19.4 Å². The summed E-state index contributed by atoms with van der Waals surface area (Å²) in [5, 5.41) is 10.8. The Morgan fingerprint density at radius 3 is 3.32 bits per heavy atom. The largest absolute Gasteiger partial charge is 0.352 e. The van der Waals surface area contributed by atoms with E-state index >= 15 is 0 Å². The second-order valence-corrected chi connectivity index (χ2v) is 5.62. The van der Waals surface area contributed by atoms with Gasteiger partial charge in [-0.15, -0.1) is 10.2 Å². The molecule has 0 spiro atoms. The summed E-state index contributed by atoms with van der Waals surface area (Å²) in [7, 11) is 0. The van der Waals surface area contributed by atoms with Gasteiger partial charge in [0.25, 0.3) is 5.91 Å². The number of carbonyl (C=O) groups is 1. The number of carbonyl (C=O) groups excluding carboxylic acids is 1. The van der Waals surface area contributed by atoms with Crippen molar-refractivity contribution in [1.82, 2.24) is 29.5 Å². The standard InChI is InChI=1S/C15H16N6O/c22-15(12-1-2-13-19-18-10-21(13)9-12)17-8-11-3-5-20-6-4-16-14(20)7-11/h1-2,4,6,9-11H,3,5,7-8H2,(H,17,22)/t11-/m0/s1.